The Bertz CT molecular complexity index is 1050. The molecule has 1 aliphatic carbocycles. The summed E-state index contributed by atoms with van der Waals surface area (Å²) < 4.78 is 4.48. The third-order valence-electron chi connectivity index (χ3n) is 5.02. The van der Waals surface area contributed by atoms with Crippen molar-refractivity contribution >= 4 is 34.2 Å². The zero-order valence-electron chi connectivity index (χ0n) is 15.4. The SMILES string of the molecule is Cc1ccc2c(O)cc(SOOO)cc2c1N=Nc1ccc2c(c1)CCCC2. The lowest BCUT2D eigenvalue weighted by Crippen LogP contribution is -2.01. The van der Waals surface area contributed by atoms with Crippen LogP contribution in [0.15, 0.2) is 57.6 Å². The van der Waals surface area contributed by atoms with Crippen molar-refractivity contribution in [3.8, 4) is 5.75 Å². The molecule has 0 saturated carbocycles. The highest BCUT2D eigenvalue weighted by atomic mass is 32.2. The standard InChI is InChI=1S/C21H20N2O4S/c1-13-6-9-18-19(11-17(12-20(18)24)28-27-26-25)21(13)23-22-16-8-7-14-4-2-3-5-15(14)10-16/h6-12,24-25H,2-5H2,1H3. The molecule has 0 heterocycles. The molecule has 2 N–H and O–H groups in total. The summed E-state index contributed by atoms with van der Waals surface area (Å²) >= 11 is 0.789. The molecule has 4 rings (SSSR count). The smallest absolute Gasteiger partial charge is 0.124 e. The monoisotopic (exact) mass is 396 g/mol. The molecule has 0 bridgehead atoms. The highest BCUT2D eigenvalue weighted by Crippen LogP contribution is 2.39. The maximum atomic E-state index is 10.3. The van der Waals surface area contributed by atoms with Crippen LogP contribution in [0.2, 0.25) is 0 Å². The van der Waals surface area contributed by atoms with Crippen LogP contribution in [0, 0.1) is 6.92 Å². The maximum absolute atomic E-state index is 10.3. The number of hydrogen-bond acceptors (Lipinski definition) is 7. The third-order valence-corrected chi connectivity index (χ3v) is 5.58. The van der Waals surface area contributed by atoms with Crippen LogP contribution < -0.4 is 0 Å². The summed E-state index contributed by atoms with van der Waals surface area (Å²) in [4.78, 5) is 0.565. The van der Waals surface area contributed by atoms with Crippen molar-refractivity contribution in [3.05, 3.63) is 59.2 Å². The molecule has 0 fully saturated rings. The summed E-state index contributed by atoms with van der Waals surface area (Å²) in [7, 11) is 0. The molecule has 0 unspecified atom stereocenters. The Morgan fingerprint density at radius 3 is 2.57 bits per heavy atom. The number of phenols is 1. The van der Waals surface area contributed by atoms with Crippen LogP contribution in [0.4, 0.5) is 11.4 Å². The summed E-state index contributed by atoms with van der Waals surface area (Å²) in [6, 6.07) is 13.4. The van der Waals surface area contributed by atoms with Gasteiger partial charge in [0.25, 0.3) is 0 Å². The molecule has 0 aromatic heterocycles. The number of phenolic OH excluding ortho intramolecular Hbond substituents is 1. The van der Waals surface area contributed by atoms with Crippen LogP contribution in [0.25, 0.3) is 10.8 Å². The summed E-state index contributed by atoms with van der Waals surface area (Å²) in [5.41, 5.74) is 5.20. The van der Waals surface area contributed by atoms with E-state index in [0.717, 1.165) is 41.5 Å². The Morgan fingerprint density at radius 2 is 1.75 bits per heavy atom. The molecular formula is C21H20N2O4S. The summed E-state index contributed by atoms with van der Waals surface area (Å²) in [6.45, 7) is 1.95. The topological polar surface area (TPSA) is 83.6 Å². The van der Waals surface area contributed by atoms with E-state index >= 15 is 0 Å². The number of azo groups is 1. The number of nitrogens with zero attached hydrogens (tertiary/aromatic N) is 2. The minimum absolute atomic E-state index is 0.0896. The molecule has 3 aromatic rings. The molecule has 0 atom stereocenters. The Balaban J connectivity index is 1.73. The summed E-state index contributed by atoms with van der Waals surface area (Å²) in [5, 5.41) is 32.7. The van der Waals surface area contributed by atoms with E-state index in [-0.39, 0.29) is 5.75 Å². The minimum atomic E-state index is 0.0896. The lowest BCUT2D eigenvalue weighted by molar-refractivity contribution is -0.432. The van der Waals surface area contributed by atoms with Crippen molar-refractivity contribution in [1.82, 2.24) is 0 Å². The van der Waals surface area contributed by atoms with Crippen LogP contribution in [0.5, 0.6) is 5.75 Å². The van der Waals surface area contributed by atoms with Gasteiger partial charge in [0, 0.05) is 15.7 Å². The zero-order chi connectivity index (χ0) is 19.5. The van der Waals surface area contributed by atoms with Crippen molar-refractivity contribution < 1.29 is 19.7 Å². The predicted molar refractivity (Wildman–Crippen MR) is 108 cm³/mol. The largest absolute Gasteiger partial charge is 0.507 e. The molecule has 7 heteroatoms. The van der Waals surface area contributed by atoms with E-state index in [1.165, 1.54) is 30.0 Å². The molecule has 0 amide bonds. The molecular weight excluding hydrogens is 376 g/mol. The van der Waals surface area contributed by atoms with Gasteiger partial charge in [-0.2, -0.15) is 5.11 Å². The molecule has 0 radical (unpaired) electrons. The van der Waals surface area contributed by atoms with Gasteiger partial charge < -0.3 is 5.11 Å². The molecule has 0 aliphatic heterocycles. The van der Waals surface area contributed by atoms with E-state index in [2.05, 4.69) is 31.7 Å². The van der Waals surface area contributed by atoms with Gasteiger partial charge in [-0.05, 0) is 73.6 Å². The van der Waals surface area contributed by atoms with Gasteiger partial charge in [-0.25, -0.2) is 5.26 Å². The maximum Gasteiger partial charge on any atom is 0.124 e. The predicted octanol–water partition coefficient (Wildman–Crippen LogP) is 6.58. The molecule has 28 heavy (non-hydrogen) atoms. The second kappa shape index (κ2) is 8.28. The van der Waals surface area contributed by atoms with Crippen LogP contribution in [-0.4, -0.2) is 10.4 Å². The summed E-state index contributed by atoms with van der Waals surface area (Å²) in [6.07, 6.45) is 4.69. The number of benzene rings is 3. The number of aromatic hydroxyl groups is 1. The average Bonchev–Trinajstić information content (AvgIpc) is 2.71. The number of hydrogen-bond donors (Lipinski definition) is 2. The first kappa shape index (κ1) is 18.9. The van der Waals surface area contributed by atoms with Gasteiger partial charge in [-0.3, -0.25) is 0 Å². The first-order valence-electron chi connectivity index (χ1n) is 9.10. The molecule has 1 aliphatic rings. The Labute approximate surface area is 166 Å². The second-order valence-corrected chi connectivity index (χ2v) is 7.63. The molecule has 0 spiro atoms. The zero-order valence-corrected chi connectivity index (χ0v) is 16.2. The Hall–Kier alpha value is -2.45. The van der Waals surface area contributed by atoms with Gasteiger partial charge in [0.05, 0.1) is 23.4 Å². The van der Waals surface area contributed by atoms with E-state index in [1.807, 2.05) is 31.2 Å². The lowest BCUT2D eigenvalue weighted by Gasteiger charge is -2.15. The molecule has 3 aromatic carbocycles. The van der Waals surface area contributed by atoms with E-state index < -0.39 is 0 Å². The summed E-state index contributed by atoms with van der Waals surface area (Å²) in [5.74, 6) is 0.0896. The van der Waals surface area contributed by atoms with Gasteiger partial charge in [0.2, 0.25) is 0 Å². The van der Waals surface area contributed by atoms with Gasteiger partial charge in [-0.1, -0.05) is 23.2 Å². The van der Waals surface area contributed by atoms with E-state index in [0.29, 0.717) is 16.0 Å². The van der Waals surface area contributed by atoms with Crippen molar-refractivity contribution in [3.63, 3.8) is 0 Å². The number of rotatable bonds is 5. The van der Waals surface area contributed by atoms with Gasteiger partial charge in [0.1, 0.15) is 5.75 Å². The van der Waals surface area contributed by atoms with E-state index in [4.69, 9.17) is 5.26 Å². The average molecular weight is 396 g/mol. The van der Waals surface area contributed by atoms with Crippen molar-refractivity contribution in [2.24, 2.45) is 10.2 Å². The highest BCUT2D eigenvalue weighted by molar-refractivity contribution is 7.94. The first-order chi connectivity index (χ1) is 13.7. The Morgan fingerprint density at radius 1 is 0.929 bits per heavy atom. The van der Waals surface area contributed by atoms with Crippen molar-refractivity contribution in [2.45, 2.75) is 37.5 Å². The molecule has 6 nitrogen and oxygen atoms in total. The minimum Gasteiger partial charge on any atom is -0.507 e. The fourth-order valence-electron chi connectivity index (χ4n) is 3.61. The van der Waals surface area contributed by atoms with E-state index in [1.54, 1.807) is 0 Å². The third kappa shape index (κ3) is 3.88. The lowest BCUT2D eigenvalue weighted by atomic mass is 9.91. The van der Waals surface area contributed by atoms with Crippen LogP contribution in [0.1, 0.15) is 29.5 Å². The Kier molecular flexibility index (Phi) is 5.59. The normalized spacial score (nSPS) is 13.9. The van der Waals surface area contributed by atoms with Crippen LogP contribution in [0.3, 0.4) is 0 Å². The van der Waals surface area contributed by atoms with E-state index in [9.17, 15) is 5.11 Å². The number of fused-ring (bicyclic) bond motifs is 2. The molecule has 144 valence electrons. The quantitative estimate of drug-likeness (QED) is 0.220. The van der Waals surface area contributed by atoms with Gasteiger partial charge >= 0.3 is 0 Å². The van der Waals surface area contributed by atoms with Crippen molar-refractivity contribution in [1.29, 1.82) is 0 Å². The van der Waals surface area contributed by atoms with Gasteiger partial charge in [0.15, 0.2) is 0 Å². The van der Waals surface area contributed by atoms with Crippen molar-refractivity contribution in [2.75, 3.05) is 0 Å². The fourth-order valence-corrected chi connectivity index (χ4v) is 4.04. The van der Waals surface area contributed by atoms with Crippen LogP contribution >= 0.6 is 12.0 Å². The number of aryl methyl sites for hydroxylation is 3. The van der Waals surface area contributed by atoms with Crippen LogP contribution in [-0.2, 0) is 22.2 Å². The highest BCUT2D eigenvalue weighted by Gasteiger charge is 2.12. The molecule has 0 saturated heterocycles. The second-order valence-electron chi connectivity index (χ2n) is 6.85. The first-order valence-corrected chi connectivity index (χ1v) is 9.84. The fraction of sp³-hybridized carbons (Fsp3) is 0.238. The van der Waals surface area contributed by atoms with Gasteiger partial charge in [-0.15, -0.1) is 9.45 Å².